The Labute approximate surface area is 202 Å². The summed E-state index contributed by atoms with van der Waals surface area (Å²) in [6, 6.07) is 7.43. The number of fused-ring (bicyclic) bond motifs is 1. The zero-order chi connectivity index (χ0) is 21.9. The molecular weight excluding hydrogens is 505 g/mol. The molecule has 0 spiro atoms. The number of phenols is 1. The molecule has 0 bridgehead atoms. The number of rotatable bonds is 7. The molecule has 0 radical (unpaired) electrons. The van der Waals surface area contributed by atoms with Crippen molar-refractivity contribution in [1.29, 1.82) is 5.41 Å². The number of nitrogens with one attached hydrogen (secondary N) is 2. The lowest BCUT2D eigenvalue weighted by atomic mass is 9.85. The average molecular weight is 539 g/mol. The summed E-state index contributed by atoms with van der Waals surface area (Å²) in [5, 5.41) is 20.3. The van der Waals surface area contributed by atoms with Gasteiger partial charge in [0.1, 0.15) is 22.8 Å². The first-order valence-electron chi connectivity index (χ1n) is 10.5. The number of halogens is 1. The normalized spacial score (nSPS) is 17.2. The van der Waals surface area contributed by atoms with E-state index < -0.39 is 0 Å². The van der Waals surface area contributed by atoms with Crippen LogP contribution in [-0.4, -0.2) is 23.3 Å². The van der Waals surface area contributed by atoms with Crippen molar-refractivity contribution in [2.45, 2.75) is 65.4 Å². The third kappa shape index (κ3) is 5.96. The van der Waals surface area contributed by atoms with Crippen molar-refractivity contribution in [2.24, 2.45) is 5.73 Å². The van der Waals surface area contributed by atoms with E-state index in [1.54, 1.807) is 0 Å². The van der Waals surface area contributed by atoms with Crippen LogP contribution in [0.3, 0.4) is 0 Å². The Balaban J connectivity index is 0.00000341. The molecular formula is C24H34IN3O3. The van der Waals surface area contributed by atoms with Gasteiger partial charge in [-0.3, -0.25) is 5.41 Å². The van der Waals surface area contributed by atoms with Crippen LogP contribution in [0.4, 0.5) is 5.69 Å². The quantitative estimate of drug-likeness (QED) is 0.160. The standard InChI is InChI=1S/C24H33N3O3.HI/c1-15-16(2)22-20(17(3)21(15)28)11-13-24(4,30-22)12-5-6-14-29-19-9-7-18(8-10-19)27-23(25)26;/h7-10,28H,5-6,11-14H2,1-4H3,(H4,25,26,27);1H. The number of ether oxygens (including phenoxy) is 2. The molecule has 6 nitrogen and oxygen atoms in total. The molecule has 1 unspecified atom stereocenters. The molecule has 0 saturated carbocycles. The number of unbranched alkanes of at least 4 members (excludes halogenated alkanes) is 1. The third-order valence-corrected chi connectivity index (χ3v) is 6.09. The number of guanidine groups is 1. The molecule has 2 aromatic rings. The van der Waals surface area contributed by atoms with E-state index in [1.165, 1.54) is 0 Å². The number of hydrogen-bond acceptors (Lipinski definition) is 4. The summed E-state index contributed by atoms with van der Waals surface area (Å²) in [4.78, 5) is 0. The first kappa shape index (κ1) is 25.1. The molecule has 1 atom stereocenters. The van der Waals surface area contributed by atoms with E-state index >= 15 is 0 Å². The highest BCUT2D eigenvalue weighted by atomic mass is 127. The number of phenolic OH excluding ortho intramolecular Hbond substituents is 1. The van der Waals surface area contributed by atoms with Crippen molar-refractivity contribution in [1.82, 2.24) is 0 Å². The Bertz CT molecular complexity index is 931. The van der Waals surface area contributed by atoms with E-state index in [-0.39, 0.29) is 35.5 Å². The molecule has 0 aliphatic carbocycles. The van der Waals surface area contributed by atoms with E-state index in [0.717, 1.165) is 71.5 Å². The Kier molecular flexibility index (Phi) is 8.45. The van der Waals surface area contributed by atoms with Gasteiger partial charge < -0.3 is 25.6 Å². The van der Waals surface area contributed by atoms with Crippen LogP contribution in [0.5, 0.6) is 17.2 Å². The molecule has 0 fully saturated rings. The molecule has 31 heavy (non-hydrogen) atoms. The number of nitrogens with two attached hydrogens (primary N) is 1. The largest absolute Gasteiger partial charge is 0.507 e. The highest BCUT2D eigenvalue weighted by molar-refractivity contribution is 14.0. The van der Waals surface area contributed by atoms with Gasteiger partial charge in [0.2, 0.25) is 0 Å². The molecule has 170 valence electrons. The SMILES string of the molecule is Cc1c(C)c2c(c(C)c1O)CCC(C)(CCCCOc1ccc(NC(=N)N)cc1)O2.I. The summed E-state index contributed by atoms with van der Waals surface area (Å²) in [6.45, 7) is 8.80. The Morgan fingerprint density at radius 3 is 2.48 bits per heavy atom. The van der Waals surface area contributed by atoms with Gasteiger partial charge in [-0.15, -0.1) is 24.0 Å². The van der Waals surface area contributed by atoms with Crippen molar-refractivity contribution in [2.75, 3.05) is 11.9 Å². The Morgan fingerprint density at radius 2 is 1.84 bits per heavy atom. The van der Waals surface area contributed by atoms with Crippen molar-refractivity contribution in [3.05, 3.63) is 46.5 Å². The van der Waals surface area contributed by atoms with Crippen LogP contribution in [0.1, 0.15) is 54.9 Å². The lowest BCUT2D eigenvalue weighted by Crippen LogP contribution is -2.37. The van der Waals surface area contributed by atoms with Crippen molar-refractivity contribution in [3.63, 3.8) is 0 Å². The second-order valence-electron chi connectivity index (χ2n) is 8.45. The average Bonchev–Trinajstić information content (AvgIpc) is 2.71. The van der Waals surface area contributed by atoms with E-state index in [0.29, 0.717) is 12.4 Å². The molecule has 0 saturated heterocycles. The zero-order valence-electron chi connectivity index (χ0n) is 18.8. The number of benzene rings is 2. The van der Waals surface area contributed by atoms with Crippen LogP contribution in [0.2, 0.25) is 0 Å². The van der Waals surface area contributed by atoms with E-state index in [4.69, 9.17) is 20.6 Å². The van der Waals surface area contributed by atoms with Gasteiger partial charge in [0.25, 0.3) is 0 Å². The fourth-order valence-electron chi connectivity index (χ4n) is 4.05. The van der Waals surface area contributed by atoms with E-state index in [2.05, 4.69) is 12.2 Å². The van der Waals surface area contributed by atoms with Gasteiger partial charge in [-0.1, -0.05) is 0 Å². The summed E-state index contributed by atoms with van der Waals surface area (Å²) in [5.74, 6) is 2.09. The Morgan fingerprint density at radius 1 is 1.16 bits per heavy atom. The monoisotopic (exact) mass is 539 g/mol. The van der Waals surface area contributed by atoms with E-state index in [1.807, 2.05) is 45.0 Å². The number of aromatic hydroxyl groups is 1. The minimum atomic E-state index is -0.187. The van der Waals surface area contributed by atoms with Gasteiger partial charge in [-0.05, 0) is 101 Å². The van der Waals surface area contributed by atoms with Crippen molar-refractivity contribution >= 4 is 35.6 Å². The van der Waals surface area contributed by atoms with Gasteiger partial charge in [0, 0.05) is 11.3 Å². The smallest absolute Gasteiger partial charge is 0.190 e. The molecule has 1 heterocycles. The topological polar surface area (TPSA) is 101 Å². The van der Waals surface area contributed by atoms with Gasteiger partial charge >= 0.3 is 0 Å². The summed E-state index contributed by atoms with van der Waals surface area (Å²) in [5.41, 5.74) is 9.97. The predicted octanol–water partition coefficient (Wildman–Crippen LogP) is 5.57. The van der Waals surface area contributed by atoms with Crippen LogP contribution in [0.25, 0.3) is 0 Å². The molecule has 5 N–H and O–H groups in total. The maximum Gasteiger partial charge on any atom is 0.190 e. The molecule has 1 aliphatic rings. The maximum atomic E-state index is 10.3. The van der Waals surface area contributed by atoms with Crippen LogP contribution < -0.4 is 20.5 Å². The van der Waals surface area contributed by atoms with Crippen LogP contribution >= 0.6 is 24.0 Å². The van der Waals surface area contributed by atoms with Gasteiger partial charge in [-0.2, -0.15) is 0 Å². The number of hydrogen-bond donors (Lipinski definition) is 4. The molecule has 7 heteroatoms. The highest BCUT2D eigenvalue weighted by Crippen LogP contribution is 2.44. The third-order valence-electron chi connectivity index (χ3n) is 6.09. The van der Waals surface area contributed by atoms with Gasteiger partial charge in [-0.25, -0.2) is 0 Å². The second kappa shape index (κ2) is 10.4. The van der Waals surface area contributed by atoms with Crippen molar-refractivity contribution in [3.8, 4) is 17.2 Å². The van der Waals surface area contributed by atoms with Crippen LogP contribution in [0, 0.1) is 26.2 Å². The maximum absolute atomic E-state index is 10.3. The zero-order valence-corrected chi connectivity index (χ0v) is 21.1. The van der Waals surface area contributed by atoms with Crippen LogP contribution in [-0.2, 0) is 6.42 Å². The second-order valence-corrected chi connectivity index (χ2v) is 8.45. The molecule has 0 aromatic heterocycles. The fourth-order valence-corrected chi connectivity index (χ4v) is 4.05. The fraction of sp³-hybridized carbons (Fsp3) is 0.458. The minimum Gasteiger partial charge on any atom is -0.507 e. The first-order chi connectivity index (χ1) is 14.2. The highest BCUT2D eigenvalue weighted by Gasteiger charge is 2.34. The molecule has 3 rings (SSSR count). The lowest BCUT2D eigenvalue weighted by Gasteiger charge is -2.38. The van der Waals surface area contributed by atoms with Gasteiger partial charge in [0.05, 0.1) is 6.61 Å². The predicted molar refractivity (Wildman–Crippen MR) is 136 cm³/mol. The van der Waals surface area contributed by atoms with Gasteiger partial charge in [0.15, 0.2) is 5.96 Å². The Hall–Kier alpha value is -2.16. The summed E-state index contributed by atoms with van der Waals surface area (Å²) >= 11 is 0. The summed E-state index contributed by atoms with van der Waals surface area (Å²) in [7, 11) is 0. The first-order valence-corrected chi connectivity index (χ1v) is 10.5. The lowest BCUT2D eigenvalue weighted by molar-refractivity contribution is 0.0513. The number of anilines is 1. The van der Waals surface area contributed by atoms with Crippen molar-refractivity contribution < 1.29 is 14.6 Å². The summed E-state index contributed by atoms with van der Waals surface area (Å²) < 4.78 is 12.3. The summed E-state index contributed by atoms with van der Waals surface area (Å²) in [6.07, 6.45) is 4.82. The van der Waals surface area contributed by atoms with Crippen LogP contribution in [0.15, 0.2) is 24.3 Å². The minimum absolute atomic E-state index is 0. The molecule has 1 aliphatic heterocycles. The van der Waals surface area contributed by atoms with E-state index in [9.17, 15) is 5.11 Å². The molecule has 2 aromatic carbocycles. The molecule has 0 amide bonds.